The number of halogens is 2. The van der Waals surface area contributed by atoms with Crippen LogP contribution in [0.3, 0.4) is 0 Å². The van der Waals surface area contributed by atoms with E-state index >= 15 is 0 Å². The maximum Gasteiger partial charge on any atom is 0.182 e. The summed E-state index contributed by atoms with van der Waals surface area (Å²) in [6.07, 6.45) is 3.62. The Hall–Kier alpha value is -1.20. The molecule has 2 aliphatic heterocycles. The predicted molar refractivity (Wildman–Crippen MR) is 80.3 cm³/mol. The van der Waals surface area contributed by atoms with Crippen LogP contribution in [0.2, 0.25) is 0 Å². The molecule has 21 heavy (non-hydrogen) atoms. The van der Waals surface area contributed by atoms with E-state index in [-0.39, 0.29) is 18.2 Å². The monoisotopic (exact) mass is 295 g/mol. The Morgan fingerprint density at radius 3 is 2.76 bits per heavy atom. The Bertz CT molecular complexity index is 520. The highest BCUT2D eigenvalue weighted by Gasteiger charge is 2.34. The van der Waals surface area contributed by atoms with Gasteiger partial charge in [0, 0.05) is 37.3 Å². The first kappa shape index (κ1) is 14.7. The first-order valence-corrected chi connectivity index (χ1v) is 7.79. The summed E-state index contributed by atoms with van der Waals surface area (Å²) >= 11 is 0. The molecule has 0 aliphatic carbocycles. The quantitative estimate of drug-likeness (QED) is 0.910. The van der Waals surface area contributed by atoms with Crippen molar-refractivity contribution in [2.45, 2.75) is 44.8 Å². The van der Waals surface area contributed by atoms with Crippen LogP contribution in [0, 0.1) is 11.6 Å². The lowest BCUT2D eigenvalue weighted by atomic mass is 9.96. The fraction of sp³-hybridized carbons (Fsp3) is 0.625. The van der Waals surface area contributed by atoms with Crippen molar-refractivity contribution in [1.82, 2.24) is 4.90 Å². The molecule has 5 heteroatoms. The lowest BCUT2D eigenvalue weighted by Gasteiger charge is -2.48. The van der Waals surface area contributed by atoms with Crippen LogP contribution < -0.4 is 10.6 Å². The van der Waals surface area contributed by atoms with Crippen LogP contribution in [0.5, 0.6) is 0 Å². The van der Waals surface area contributed by atoms with Crippen LogP contribution >= 0.6 is 0 Å². The average molecular weight is 295 g/mol. The van der Waals surface area contributed by atoms with Crippen LogP contribution in [0.25, 0.3) is 0 Å². The van der Waals surface area contributed by atoms with Gasteiger partial charge in [-0.1, -0.05) is 12.5 Å². The number of nitrogens with zero attached hydrogens (tertiary/aromatic N) is 2. The normalized spacial score (nSPS) is 26.8. The lowest BCUT2D eigenvalue weighted by Crippen LogP contribution is -2.59. The van der Waals surface area contributed by atoms with Gasteiger partial charge >= 0.3 is 0 Å². The van der Waals surface area contributed by atoms with Crippen molar-refractivity contribution < 1.29 is 8.78 Å². The summed E-state index contributed by atoms with van der Waals surface area (Å²) in [7, 11) is 0. The SMILES string of the molecule is CC1CN2CCCCC2CN1c1ccc(CN)c(F)c1F. The molecule has 116 valence electrons. The first-order valence-electron chi connectivity index (χ1n) is 7.79. The number of fused-ring (bicyclic) bond motifs is 1. The summed E-state index contributed by atoms with van der Waals surface area (Å²) in [5, 5.41) is 0. The summed E-state index contributed by atoms with van der Waals surface area (Å²) in [6, 6.07) is 3.94. The van der Waals surface area contributed by atoms with Gasteiger partial charge in [0.15, 0.2) is 11.6 Å². The molecule has 3 rings (SSSR count). The van der Waals surface area contributed by atoms with Gasteiger partial charge < -0.3 is 10.6 Å². The zero-order valence-electron chi connectivity index (χ0n) is 12.5. The van der Waals surface area contributed by atoms with E-state index in [0.717, 1.165) is 26.1 Å². The van der Waals surface area contributed by atoms with Crippen LogP contribution in [0.1, 0.15) is 31.7 Å². The Labute approximate surface area is 124 Å². The minimum Gasteiger partial charge on any atom is -0.364 e. The molecule has 2 unspecified atom stereocenters. The second-order valence-electron chi connectivity index (χ2n) is 6.22. The summed E-state index contributed by atoms with van der Waals surface area (Å²) in [5.41, 5.74) is 6.05. The lowest BCUT2D eigenvalue weighted by molar-refractivity contribution is 0.115. The first-order chi connectivity index (χ1) is 10.1. The molecule has 2 saturated heterocycles. The van der Waals surface area contributed by atoms with Crippen LogP contribution in [-0.2, 0) is 6.54 Å². The van der Waals surface area contributed by atoms with E-state index in [4.69, 9.17) is 5.73 Å². The zero-order valence-corrected chi connectivity index (χ0v) is 12.5. The Morgan fingerprint density at radius 2 is 2.00 bits per heavy atom. The van der Waals surface area contributed by atoms with Crippen molar-refractivity contribution >= 4 is 5.69 Å². The molecule has 1 aromatic carbocycles. The summed E-state index contributed by atoms with van der Waals surface area (Å²) in [6.45, 7) is 4.93. The number of anilines is 1. The maximum absolute atomic E-state index is 14.3. The van der Waals surface area contributed by atoms with Gasteiger partial charge in [-0.05, 0) is 32.4 Å². The molecule has 2 atom stereocenters. The molecule has 0 amide bonds. The molecule has 2 N–H and O–H groups in total. The molecular formula is C16H23F2N3. The highest BCUT2D eigenvalue weighted by molar-refractivity contribution is 5.51. The second-order valence-corrected chi connectivity index (χ2v) is 6.22. The van der Waals surface area contributed by atoms with Gasteiger partial charge in [-0.3, -0.25) is 4.90 Å². The number of piperidine rings is 1. The van der Waals surface area contributed by atoms with Crippen molar-refractivity contribution in [3.63, 3.8) is 0 Å². The molecule has 2 heterocycles. The third kappa shape index (κ3) is 2.64. The Morgan fingerprint density at radius 1 is 1.19 bits per heavy atom. The number of rotatable bonds is 2. The third-order valence-electron chi connectivity index (χ3n) is 4.86. The van der Waals surface area contributed by atoms with Crippen molar-refractivity contribution in [3.8, 4) is 0 Å². The van der Waals surface area contributed by atoms with Crippen molar-refractivity contribution in [2.75, 3.05) is 24.5 Å². The van der Waals surface area contributed by atoms with Crippen LogP contribution in [-0.4, -0.2) is 36.6 Å². The van der Waals surface area contributed by atoms with Gasteiger partial charge in [0.1, 0.15) is 0 Å². The molecule has 1 aromatic rings. The van der Waals surface area contributed by atoms with Gasteiger partial charge in [-0.15, -0.1) is 0 Å². The van der Waals surface area contributed by atoms with Gasteiger partial charge in [0.05, 0.1) is 5.69 Å². The largest absolute Gasteiger partial charge is 0.364 e. The third-order valence-corrected chi connectivity index (χ3v) is 4.86. The van der Waals surface area contributed by atoms with Gasteiger partial charge in [0.2, 0.25) is 0 Å². The molecule has 0 spiro atoms. The second kappa shape index (κ2) is 5.89. The van der Waals surface area contributed by atoms with E-state index in [9.17, 15) is 8.78 Å². The molecule has 2 fully saturated rings. The minimum atomic E-state index is -0.798. The molecule has 0 radical (unpaired) electrons. The number of nitrogens with two attached hydrogens (primary N) is 1. The van der Waals surface area contributed by atoms with Gasteiger partial charge in [0.25, 0.3) is 0 Å². The highest BCUT2D eigenvalue weighted by atomic mass is 19.2. The van der Waals surface area contributed by atoms with Gasteiger partial charge in [-0.2, -0.15) is 0 Å². The zero-order chi connectivity index (χ0) is 15.0. The number of piperazine rings is 1. The van der Waals surface area contributed by atoms with Crippen molar-refractivity contribution in [3.05, 3.63) is 29.3 Å². The van der Waals surface area contributed by atoms with E-state index in [1.54, 1.807) is 12.1 Å². The van der Waals surface area contributed by atoms with E-state index in [0.29, 0.717) is 11.7 Å². The topological polar surface area (TPSA) is 32.5 Å². The van der Waals surface area contributed by atoms with Crippen molar-refractivity contribution in [1.29, 1.82) is 0 Å². The van der Waals surface area contributed by atoms with Crippen molar-refractivity contribution in [2.24, 2.45) is 5.73 Å². The number of hydrogen-bond acceptors (Lipinski definition) is 3. The predicted octanol–water partition coefficient (Wildman–Crippen LogP) is 2.49. The van der Waals surface area contributed by atoms with E-state index < -0.39 is 11.6 Å². The summed E-state index contributed by atoms with van der Waals surface area (Å²) in [5.74, 6) is -1.55. The number of hydrogen-bond donors (Lipinski definition) is 1. The average Bonchev–Trinajstić information content (AvgIpc) is 2.49. The Kier molecular flexibility index (Phi) is 4.13. The van der Waals surface area contributed by atoms with E-state index in [1.807, 2.05) is 4.90 Å². The fourth-order valence-electron chi connectivity index (χ4n) is 3.65. The number of benzene rings is 1. The van der Waals surface area contributed by atoms with E-state index in [1.165, 1.54) is 12.8 Å². The highest BCUT2D eigenvalue weighted by Crippen LogP contribution is 2.31. The van der Waals surface area contributed by atoms with Gasteiger partial charge in [-0.25, -0.2) is 8.78 Å². The van der Waals surface area contributed by atoms with E-state index in [2.05, 4.69) is 11.8 Å². The van der Waals surface area contributed by atoms with Crippen LogP contribution in [0.15, 0.2) is 12.1 Å². The molecule has 3 nitrogen and oxygen atoms in total. The molecular weight excluding hydrogens is 272 g/mol. The Balaban J connectivity index is 1.87. The fourth-order valence-corrected chi connectivity index (χ4v) is 3.65. The molecule has 0 bridgehead atoms. The molecule has 0 aromatic heterocycles. The summed E-state index contributed by atoms with van der Waals surface area (Å²) in [4.78, 5) is 4.51. The summed E-state index contributed by atoms with van der Waals surface area (Å²) < 4.78 is 28.3. The standard InChI is InChI=1S/C16H23F2N3/c1-11-9-20-7-3-2-4-13(20)10-21(11)14-6-5-12(8-19)15(17)16(14)18/h5-6,11,13H,2-4,7-10,19H2,1H3. The smallest absolute Gasteiger partial charge is 0.182 e. The molecule has 2 aliphatic rings. The van der Waals surface area contributed by atoms with Crippen LogP contribution in [0.4, 0.5) is 14.5 Å². The minimum absolute atomic E-state index is 0.0228. The maximum atomic E-state index is 14.3. The molecule has 0 saturated carbocycles.